The first-order valence-corrected chi connectivity index (χ1v) is 10.1. The Balaban J connectivity index is 1.74. The highest BCUT2D eigenvalue weighted by Gasteiger charge is 2.66. The summed E-state index contributed by atoms with van der Waals surface area (Å²) in [5.41, 5.74) is 8.14. The van der Waals surface area contributed by atoms with Crippen molar-refractivity contribution in [2.45, 2.75) is 26.7 Å². The second kappa shape index (κ2) is 4.97. The van der Waals surface area contributed by atoms with E-state index in [4.69, 9.17) is 0 Å². The van der Waals surface area contributed by atoms with Gasteiger partial charge in [-0.3, -0.25) is 0 Å². The summed E-state index contributed by atoms with van der Waals surface area (Å²) in [6.07, 6.45) is 26.1. The third-order valence-corrected chi connectivity index (χ3v) is 8.04. The van der Waals surface area contributed by atoms with Gasteiger partial charge in [0.25, 0.3) is 0 Å². The monoisotopic (exact) mass is 366 g/mol. The molecule has 0 aromatic rings. The van der Waals surface area contributed by atoms with Crippen molar-refractivity contribution in [2.24, 2.45) is 16.2 Å². The minimum atomic E-state index is -1.44. The molecule has 1 saturated carbocycles. The molecule has 2 spiro atoms. The molecular formula is C25H23BO2. The van der Waals surface area contributed by atoms with E-state index in [-0.39, 0.29) is 10.8 Å². The molecule has 0 radical (unpaired) electrons. The molecule has 138 valence electrons. The summed E-state index contributed by atoms with van der Waals surface area (Å²) >= 11 is 0. The molecule has 0 aromatic carbocycles. The van der Waals surface area contributed by atoms with Crippen molar-refractivity contribution in [3.8, 4) is 0 Å². The van der Waals surface area contributed by atoms with Gasteiger partial charge in [0.05, 0.1) is 0 Å². The van der Waals surface area contributed by atoms with Crippen LogP contribution in [-0.4, -0.2) is 17.2 Å². The first-order valence-electron chi connectivity index (χ1n) is 10.1. The molecule has 0 aliphatic heterocycles. The van der Waals surface area contributed by atoms with E-state index < -0.39 is 12.5 Å². The zero-order chi connectivity index (χ0) is 19.3. The number of rotatable bonds is 1. The molecule has 3 heteroatoms. The van der Waals surface area contributed by atoms with E-state index in [0.29, 0.717) is 5.47 Å². The Morgan fingerprint density at radius 1 is 0.893 bits per heavy atom. The zero-order valence-corrected chi connectivity index (χ0v) is 16.2. The van der Waals surface area contributed by atoms with Crippen molar-refractivity contribution >= 4 is 7.12 Å². The molecule has 6 aliphatic rings. The number of allylic oxidation sites excluding steroid dienone is 18. The molecule has 6 aliphatic carbocycles. The maximum Gasteiger partial charge on any atom is 0.485 e. The molecule has 3 atom stereocenters. The van der Waals surface area contributed by atoms with Crippen LogP contribution < -0.4 is 0 Å². The van der Waals surface area contributed by atoms with E-state index in [1.807, 2.05) is 6.08 Å². The topological polar surface area (TPSA) is 40.5 Å². The predicted octanol–water partition coefficient (Wildman–Crippen LogP) is 4.46. The van der Waals surface area contributed by atoms with Crippen LogP contribution in [0.1, 0.15) is 26.7 Å². The van der Waals surface area contributed by atoms with Gasteiger partial charge in [-0.15, -0.1) is 0 Å². The summed E-state index contributed by atoms with van der Waals surface area (Å²) in [6.45, 7) is 4.43. The highest BCUT2D eigenvalue weighted by Crippen LogP contribution is 2.76. The van der Waals surface area contributed by atoms with Crippen LogP contribution >= 0.6 is 0 Å². The molecule has 2 N–H and O–H groups in total. The molecule has 1 fully saturated rings. The number of fused-ring (bicyclic) bond motifs is 1. The fourth-order valence-corrected chi connectivity index (χ4v) is 7.01. The van der Waals surface area contributed by atoms with Crippen LogP contribution in [0.5, 0.6) is 0 Å². The predicted molar refractivity (Wildman–Crippen MR) is 113 cm³/mol. The Hall–Kier alpha value is -2.36. The van der Waals surface area contributed by atoms with Crippen molar-refractivity contribution in [1.82, 2.24) is 0 Å². The van der Waals surface area contributed by atoms with Crippen LogP contribution in [0.4, 0.5) is 0 Å². The van der Waals surface area contributed by atoms with Gasteiger partial charge >= 0.3 is 7.12 Å². The molecule has 28 heavy (non-hydrogen) atoms. The van der Waals surface area contributed by atoms with E-state index in [1.165, 1.54) is 33.4 Å². The molecule has 2 nitrogen and oxygen atoms in total. The third-order valence-electron chi connectivity index (χ3n) is 8.04. The van der Waals surface area contributed by atoms with Crippen molar-refractivity contribution in [1.29, 1.82) is 0 Å². The van der Waals surface area contributed by atoms with Gasteiger partial charge in [-0.25, -0.2) is 0 Å². The van der Waals surface area contributed by atoms with Crippen LogP contribution in [0.25, 0.3) is 0 Å². The smallest absolute Gasteiger partial charge is 0.423 e. The zero-order valence-electron chi connectivity index (χ0n) is 16.2. The van der Waals surface area contributed by atoms with Gasteiger partial charge in [0.1, 0.15) is 0 Å². The Bertz CT molecular complexity index is 1120. The van der Waals surface area contributed by atoms with Gasteiger partial charge in [-0.1, -0.05) is 73.8 Å². The first kappa shape index (κ1) is 16.6. The highest BCUT2D eigenvalue weighted by molar-refractivity contribution is 6.52. The average Bonchev–Trinajstić information content (AvgIpc) is 3.07. The Morgan fingerprint density at radius 2 is 1.68 bits per heavy atom. The molecule has 3 bridgehead atoms. The van der Waals surface area contributed by atoms with E-state index in [9.17, 15) is 10.0 Å². The van der Waals surface area contributed by atoms with E-state index >= 15 is 0 Å². The van der Waals surface area contributed by atoms with Gasteiger partial charge in [0, 0.05) is 16.2 Å². The maximum absolute atomic E-state index is 10.3. The molecule has 0 saturated heterocycles. The minimum absolute atomic E-state index is 0.0169. The third kappa shape index (κ3) is 1.58. The summed E-state index contributed by atoms with van der Waals surface area (Å²) in [6, 6.07) is 0. The second-order valence-electron chi connectivity index (χ2n) is 9.07. The van der Waals surface area contributed by atoms with Crippen LogP contribution in [0, 0.1) is 16.2 Å². The van der Waals surface area contributed by atoms with Gasteiger partial charge in [-0.2, -0.15) is 0 Å². The molecular weight excluding hydrogens is 343 g/mol. The summed E-state index contributed by atoms with van der Waals surface area (Å²) in [5.74, 6) is 0. The molecule has 3 unspecified atom stereocenters. The Labute approximate surface area is 166 Å². The number of hydrogen-bond acceptors (Lipinski definition) is 2. The molecule has 0 amide bonds. The molecule has 0 heterocycles. The second-order valence-corrected chi connectivity index (χ2v) is 9.07. The lowest BCUT2D eigenvalue weighted by Gasteiger charge is -2.35. The maximum atomic E-state index is 10.3. The fraction of sp³-hybridized carbons (Fsp3) is 0.280. The largest absolute Gasteiger partial charge is 0.485 e. The van der Waals surface area contributed by atoms with Crippen molar-refractivity contribution in [3.63, 3.8) is 0 Å². The Morgan fingerprint density at radius 3 is 2.46 bits per heavy atom. The summed E-state index contributed by atoms with van der Waals surface area (Å²) < 4.78 is 0. The standard InChI is InChI=1S/C25H23BO2/c1-3-16-8-10-19-18-7-5-4-6-17-9-11-20-21-12-13-22(26(27)28)25(16,21)15-24(19,20)14-23(17,18)2/h3-13,27-28H,14-15H2,1-2H3/b16-3-. The lowest BCUT2D eigenvalue weighted by Crippen LogP contribution is -2.33. The van der Waals surface area contributed by atoms with Crippen LogP contribution in [0.2, 0.25) is 0 Å². The van der Waals surface area contributed by atoms with E-state index in [0.717, 1.165) is 12.8 Å². The van der Waals surface area contributed by atoms with Crippen molar-refractivity contribution in [3.05, 3.63) is 106 Å². The van der Waals surface area contributed by atoms with Crippen LogP contribution in [0.15, 0.2) is 106 Å². The molecule has 6 rings (SSSR count). The summed E-state index contributed by atoms with van der Waals surface area (Å²) in [5, 5.41) is 20.5. The summed E-state index contributed by atoms with van der Waals surface area (Å²) in [7, 11) is -1.44. The number of hydrogen-bond donors (Lipinski definition) is 2. The van der Waals surface area contributed by atoms with Crippen LogP contribution in [0.3, 0.4) is 0 Å². The van der Waals surface area contributed by atoms with E-state index in [2.05, 4.69) is 74.6 Å². The van der Waals surface area contributed by atoms with Gasteiger partial charge in [0.2, 0.25) is 0 Å². The lowest BCUT2D eigenvalue weighted by molar-refractivity contribution is 0.309. The quantitative estimate of drug-likeness (QED) is 0.673. The van der Waals surface area contributed by atoms with Crippen molar-refractivity contribution < 1.29 is 10.0 Å². The lowest BCUT2D eigenvalue weighted by atomic mass is 9.58. The van der Waals surface area contributed by atoms with Crippen molar-refractivity contribution in [2.75, 3.05) is 0 Å². The minimum Gasteiger partial charge on any atom is -0.423 e. The first-order chi connectivity index (χ1) is 13.5. The molecule has 0 aromatic heterocycles. The highest BCUT2D eigenvalue weighted by atomic mass is 16.4. The fourth-order valence-electron chi connectivity index (χ4n) is 7.01. The van der Waals surface area contributed by atoms with Gasteiger partial charge < -0.3 is 10.0 Å². The average molecular weight is 366 g/mol. The van der Waals surface area contributed by atoms with E-state index in [1.54, 1.807) is 0 Å². The SMILES string of the molecule is C/C=C1/C=CC2=C3C=CC=CC4=CC=C5C6=CC=C(B(O)O)C61CC52CC43C. The van der Waals surface area contributed by atoms with Gasteiger partial charge in [-0.05, 0) is 58.7 Å². The normalized spacial score (nSPS) is 39.9. The summed E-state index contributed by atoms with van der Waals surface area (Å²) in [4.78, 5) is 0. The Kier molecular flexibility index (Phi) is 2.94. The van der Waals surface area contributed by atoms with Gasteiger partial charge in [0.15, 0.2) is 0 Å². The van der Waals surface area contributed by atoms with Crippen LogP contribution in [-0.2, 0) is 0 Å².